The lowest BCUT2D eigenvalue weighted by molar-refractivity contribution is 0.354. The van der Waals surface area contributed by atoms with E-state index in [9.17, 15) is 0 Å². The standard InChI is InChI=1S/C14H12N2O2/c1-17-13-8-11(10-3-5-16-6-4-10)7-12(9-15)14(13)18-2/h3-8H,1-2H3. The van der Waals surface area contributed by atoms with Gasteiger partial charge in [-0.2, -0.15) is 5.26 Å². The molecule has 4 heteroatoms. The van der Waals surface area contributed by atoms with E-state index in [2.05, 4.69) is 11.1 Å². The first kappa shape index (κ1) is 11.9. The molecule has 0 unspecified atom stereocenters. The number of nitrogens with zero attached hydrogens (tertiary/aromatic N) is 2. The van der Waals surface area contributed by atoms with Gasteiger partial charge in [0.2, 0.25) is 0 Å². The molecule has 1 aromatic heterocycles. The summed E-state index contributed by atoms with van der Waals surface area (Å²) in [7, 11) is 3.07. The molecule has 1 heterocycles. The van der Waals surface area contributed by atoms with Crippen LogP contribution in [0.5, 0.6) is 11.5 Å². The van der Waals surface area contributed by atoms with E-state index in [0.717, 1.165) is 11.1 Å². The smallest absolute Gasteiger partial charge is 0.178 e. The van der Waals surface area contributed by atoms with Gasteiger partial charge in [0.05, 0.1) is 19.8 Å². The van der Waals surface area contributed by atoms with Crippen molar-refractivity contribution in [3.8, 4) is 28.7 Å². The van der Waals surface area contributed by atoms with Crippen molar-refractivity contribution in [3.63, 3.8) is 0 Å². The molecule has 4 nitrogen and oxygen atoms in total. The Labute approximate surface area is 105 Å². The van der Waals surface area contributed by atoms with Crippen molar-refractivity contribution >= 4 is 0 Å². The first-order valence-corrected chi connectivity index (χ1v) is 5.36. The average molecular weight is 240 g/mol. The lowest BCUT2D eigenvalue weighted by atomic mass is 10.0. The highest BCUT2D eigenvalue weighted by atomic mass is 16.5. The Hall–Kier alpha value is -2.54. The van der Waals surface area contributed by atoms with Crippen LogP contribution < -0.4 is 9.47 Å². The number of methoxy groups -OCH3 is 2. The minimum absolute atomic E-state index is 0.448. The van der Waals surface area contributed by atoms with E-state index in [1.54, 1.807) is 25.6 Å². The molecule has 0 atom stereocenters. The van der Waals surface area contributed by atoms with Crippen LogP contribution >= 0.6 is 0 Å². The molecule has 18 heavy (non-hydrogen) atoms. The highest BCUT2D eigenvalue weighted by molar-refractivity contribution is 5.70. The summed E-state index contributed by atoms with van der Waals surface area (Å²) in [5.41, 5.74) is 2.32. The summed E-state index contributed by atoms with van der Waals surface area (Å²) < 4.78 is 10.4. The van der Waals surface area contributed by atoms with Gasteiger partial charge in [-0.1, -0.05) is 0 Å². The zero-order valence-corrected chi connectivity index (χ0v) is 10.2. The topological polar surface area (TPSA) is 55.1 Å². The zero-order chi connectivity index (χ0) is 13.0. The van der Waals surface area contributed by atoms with E-state index in [4.69, 9.17) is 14.7 Å². The Kier molecular flexibility index (Phi) is 3.44. The first-order valence-electron chi connectivity index (χ1n) is 5.36. The number of hydrogen-bond donors (Lipinski definition) is 0. The van der Waals surface area contributed by atoms with E-state index in [1.165, 1.54) is 7.11 Å². The molecule has 0 amide bonds. The molecule has 2 aromatic rings. The summed E-state index contributed by atoms with van der Waals surface area (Å²) in [5.74, 6) is 1.00. The highest BCUT2D eigenvalue weighted by Crippen LogP contribution is 2.35. The second-order valence-corrected chi connectivity index (χ2v) is 3.61. The predicted molar refractivity (Wildman–Crippen MR) is 67.5 cm³/mol. The van der Waals surface area contributed by atoms with E-state index in [1.807, 2.05) is 18.2 Å². The Balaban J connectivity index is 2.62. The van der Waals surface area contributed by atoms with Crippen LogP contribution in [-0.4, -0.2) is 19.2 Å². The summed E-state index contributed by atoms with van der Waals surface area (Å²) in [6.07, 6.45) is 3.41. The summed E-state index contributed by atoms with van der Waals surface area (Å²) >= 11 is 0. The molecular weight excluding hydrogens is 228 g/mol. The maximum Gasteiger partial charge on any atom is 0.178 e. The van der Waals surface area contributed by atoms with Crippen LogP contribution in [0.15, 0.2) is 36.7 Å². The van der Waals surface area contributed by atoms with Gasteiger partial charge < -0.3 is 9.47 Å². The Morgan fingerprint density at radius 3 is 2.33 bits per heavy atom. The van der Waals surface area contributed by atoms with Gasteiger partial charge >= 0.3 is 0 Å². The second kappa shape index (κ2) is 5.19. The lowest BCUT2D eigenvalue weighted by Crippen LogP contribution is -1.94. The Bertz CT molecular complexity index is 589. The molecule has 1 aromatic carbocycles. The maximum absolute atomic E-state index is 9.14. The number of ether oxygens (including phenoxy) is 2. The second-order valence-electron chi connectivity index (χ2n) is 3.61. The van der Waals surface area contributed by atoms with Crippen molar-refractivity contribution in [2.45, 2.75) is 0 Å². The van der Waals surface area contributed by atoms with E-state index >= 15 is 0 Å². The molecule has 0 spiro atoms. The molecule has 0 saturated heterocycles. The third kappa shape index (κ3) is 2.11. The fourth-order valence-electron chi connectivity index (χ4n) is 1.76. The number of nitriles is 1. The van der Waals surface area contributed by atoms with Gasteiger partial charge in [0.25, 0.3) is 0 Å². The molecule has 0 fully saturated rings. The van der Waals surface area contributed by atoms with Crippen molar-refractivity contribution in [1.82, 2.24) is 4.98 Å². The van der Waals surface area contributed by atoms with Gasteiger partial charge in [0.15, 0.2) is 11.5 Å². The predicted octanol–water partition coefficient (Wildman–Crippen LogP) is 2.64. The minimum atomic E-state index is 0.448. The SMILES string of the molecule is COc1cc(-c2ccncc2)cc(C#N)c1OC. The number of pyridine rings is 1. The lowest BCUT2D eigenvalue weighted by Gasteiger charge is -2.11. The maximum atomic E-state index is 9.14. The monoisotopic (exact) mass is 240 g/mol. The molecule has 0 aliphatic heterocycles. The van der Waals surface area contributed by atoms with Crippen LogP contribution in [0.3, 0.4) is 0 Å². The van der Waals surface area contributed by atoms with Gasteiger partial charge in [-0.25, -0.2) is 0 Å². The molecule has 0 N–H and O–H groups in total. The Morgan fingerprint density at radius 1 is 1.06 bits per heavy atom. The minimum Gasteiger partial charge on any atom is -0.493 e. The largest absolute Gasteiger partial charge is 0.493 e. The van der Waals surface area contributed by atoms with Crippen LogP contribution in [0.1, 0.15) is 5.56 Å². The summed E-state index contributed by atoms with van der Waals surface area (Å²) in [4.78, 5) is 3.97. The fourth-order valence-corrected chi connectivity index (χ4v) is 1.76. The molecule has 0 aliphatic carbocycles. The van der Waals surface area contributed by atoms with Crippen molar-refractivity contribution in [1.29, 1.82) is 5.26 Å². The van der Waals surface area contributed by atoms with Crippen LogP contribution in [-0.2, 0) is 0 Å². The highest BCUT2D eigenvalue weighted by Gasteiger charge is 2.12. The Morgan fingerprint density at radius 2 is 1.78 bits per heavy atom. The molecule has 0 bridgehead atoms. The number of rotatable bonds is 3. The molecular formula is C14H12N2O2. The van der Waals surface area contributed by atoms with Crippen molar-refractivity contribution < 1.29 is 9.47 Å². The third-order valence-corrected chi connectivity index (χ3v) is 2.61. The molecule has 0 saturated carbocycles. The average Bonchev–Trinajstić information content (AvgIpc) is 2.46. The van der Waals surface area contributed by atoms with Crippen LogP contribution in [0.4, 0.5) is 0 Å². The molecule has 0 radical (unpaired) electrons. The van der Waals surface area contributed by atoms with Gasteiger partial charge in [-0.05, 0) is 35.4 Å². The first-order chi connectivity index (χ1) is 8.80. The van der Waals surface area contributed by atoms with Gasteiger partial charge in [-0.15, -0.1) is 0 Å². The fraction of sp³-hybridized carbons (Fsp3) is 0.143. The van der Waals surface area contributed by atoms with Crippen LogP contribution in [0.2, 0.25) is 0 Å². The van der Waals surface area contributed by atoms with Crippen molar-refractivity contribution in [3.05, 3.63) is 42.2 Å². The molecule has 0 aliphatic rings. The quantitative estimate of drug-likeness (QED) is 0.827. The summed E-state index contributed by atoms with van der Waals surface area (Å²) in [5, 5.41) is 9.14. The summed E-state index contributed by atoms with van der Waals surface area (Å²) in [6, 6.07) is 9.48. The molecule has 2 rings (SSSR count). The van der Waals surface area contributed by atoms with Gasteiger partial charge in [0, 0.05) is 12.4 Å². The van der Waals surface area contributed by atoms with E-state index < -0.39 is 0 Å². The number of benzene rings is 1. The summed E-state index contributed by atoms with van der Waals surface area (Å²) in [6.45, 7) is 0. The van der Waals surface area contributed by atoms with Gasteiger partial charge in [0.1, 0.15) is 6.07 Å². The number of hydrogen-bond acceptors (Lipinski definition) is 4. The zero-order valence-electron chi connectivity index (χ0n) is 10.2. The third-order valence-electron chi connectivity index (χ3n) is 2.61. The van der Waals surface area contributed by atoms with Crippen LogP contribution in [0.25, 0.3) is 11.1 Å². The van der Waals surface area contributed by atoms with E-state index in [0.29, 0.717) is 17.1 Å². The number of aromatic nitrogens is 1. The van der Waals surface area contributed by atoms with Gasteiger partial charge in [-0.3, -0.25) is 4.98 Å². The van der Waals surface area contributed by atoms with Crippen LogP contribution in [0, 0.1) is 11.3 Å². The van der Waals surface area contributed by atoms with Crippen molar-refractivity contribution in [2.75, 3.05) is 14.2 Å². The normalized spacial score (nSPS) is 9.61. The molecule has 90 valence electrons. The van der Waals surface area contributed by atoms with E-state index in [-0.39, 0.29) is 0 Å². The van der Waals surface area contributed by atoms with Crippen molar-refractivity contribution in [2.24, 2.45) is 0 Å².